The molecule has 1 N–H and O–H groups in total. The van der Waals surface area contributed by atoms with Crippen molar-refractivity contribution in [3.63, 3.8) is 0 Å². The van der Waals surface area contributed by atoms with Crippen LogP contribution < -0.4 is 5.32 Å². The number of halogens is 1. The lowest BCUT2D eigenvalue weighted by atomic mass is 10.1. The molecule has 0 atom stereocenters. The summed E-state index contributed by atoms with van der Waals surface area (Å²) in [4.78, 5) is 11.8. The van der Waals surface area contributed by atoms with E-state index in [9.17, 15) is 4.79 Å². The summed E-state index contributed by atoms with van der Waals surface area (Å²) in [5.41, 5.74) is 3.07. The van der Waals surface area contributed by atoms with Crippen molar-refractivity contribution in [3.05, 3.63) is 34.9 Å². The molecule has 0 bridgehead atoms. The third kappa shape index (κ3) is 2.74. The minimum atomic E-state index is 0.0135. The second-order valence-corrected chi connectivity index (χ2v) is 4.85. The Morgan fingerprint density at radius 2 is 2.19 bits per heavy atom. The summed E-state index contributed by atoms with van der Waals surface area (Å²) in [5.74, 6) is 0.0135. The lowest BCUT2D eigenvalue weighted by Crippen LogP contribution is -2.24. The van der Waals surface area contributed by atoms with Gasteiger partial charge < -0.3 is 10.1 Å². The van der Waals surface area contributed by atoms with E-state index in [1.807, 2.05) is 18.2 Å². The molecule has 86 valence electrons. The number of fused-ring (bicyclic) bond motifs is 1. The highest BCUT2D eigenvalue weighted by atomic mass is 127. The predicted molar refractivity (Wildman–Crippen MR) is 70.8 cm³/mol. The summed E-state index contributed by atoms with van der Waals surface area (Å²) in [6.45, 7) is 2.05. The SMILES string of the molecule is O=C(NCCCI)c1ccc2c(c1)COC2. The van der Waals surface area contributed by atoms with Crippen molar-refractivity contribution in [3.8, 4) is 0 Å². The van der Waals surface area contributed by atoms with Gasteiger partial charge in [-0.05, 0) is 29.7 Å². The first-order chi connectivity index (χ1) is 7.81. The second-order valence-electron chi connectivity index (χ2n) is 3.77. The molecule has 0 unspecified atom stereocenters. The normalized spacial score (nSPS) is 13.6. The lowest BCUT2D eigenvalue weighted by molar-refractivity contribution is 0.0953. The van der Waals surface area contributed by atoms with Crippen LogP contribution in [-0.2, 0) is 18.0 Å². The Bertz CT molecular complexity index is 393. The fourth-order valence-corrected chi connectivity index (χ4v) is 2.07. The Labute approximate surface area is 109 Å². The number of carbonyl (C=O) groups is 1. The van der Waals surface area contributed by atoms with Crippen molar-refractivity contribution in [1.82, 2.24) is 5.32 Å². The molecule has 0 radical (unpaired) electrons. The van der Waals surface area contributed by atoms with E-state index in [1.165, 1.54) is 5.56 Å². The smallest absolute Gasteiger partial charge is 0.251 e. The lowest BCUT2D eigenvalue weighted by Gasteiger charge is -2.05. The number of benzene rings is 1. The van der Waals surface area contributed by atoms with Crippen molar-refractivity contribution >= 4 is 28.5 Å². The highest BCUT2D eigenvalue weighted by Crippen LogP contribution is 2.20. The van der Waals surface area contributed by atoms with Crippen molar-refractivity contribution in [1.29, 1.82) is 0 Å². The highest BCUT2D eigenvalue weighted by Gasteiger charge is 2.13. The third-order valence-corrected chi connectivity index (χ3v) is 3.34. The molecule has 1 aliphatic rings. The fraction of sp³-hybridized carbons (Fsp3) is 0.417. The number of hydrogen-bond acceptors (Lipinski definition) is 2. The van der Waals surface area contributed by atoms with Crippen LogP contribution >= 0.6 is 22.6 Å². The summed E-state index contributed by atoms with van der Waals surface area (Å²) in [5, 5.41) is 2.91. The number of nitrogens with one attached hydrogen (secondary N) is 1. The summed E-state index contributed by atoms with van der Waals surface area (Å²) >= 11 is 2.30. The van der Waals surface area contributed by atoms with Gasteiger partial charge in [0.05, 0.1) is 13.2 Å². The Morgan fingerprint density at radius 1 is 1.38 bits per heavy atom. The topological polar surface area (TPSA) is 38.3 Å². The standard InChI is InChI=1S/C12H14INO2/c13-4-1-5-14-12(15)9-2-3-10-7-16-8-11(10)6-9/h2-3,6H,1,4-5,7-8H2,(H,14,15). The molecule has 1 aromatic rings. The molecule has 0 spiro atoms. The van der Waals surface area contributed by atoms with Gasteiger partial charge in [0.15, 0.2) is 0 Å². The van der Waals surface area contributed by atoms with E-state index in [2.05, 4.69) is 27.9 Å². The molecule has 0 aromatic heterocycles. The minimum Gasteiger partial charge on any atom is -0.372 e. The average Bonchev–Trinajstić information content (AvgIpc) is 2.76. The zero-order valence-corrected chi connectivity index (χ0v) is 11.1. The zero-order valence-electron chi connectivity index (χ0n) is 8.96. The van der Waals surface area contributed by atoms with Crippen LogP contribution in [0.25, 0.3) is 0 Å². The van der Waals surface area contributed by atoms with Crippen LogP contribution in [0.4, 0.5) is 0 Å². The van der Waals surface area contributed by atoms with Gasteiger partial charge in [-0.1, -0.05) is 28.7 Å². The quantitative estimate of drug-likeness (QED) is 0.522. The first-order valence-electron chi connectivity index (χ1n) is 5.35. The number of alkyl halides is 1. The van der Waals surface area contributed by atoms with Crippen LogP contribution in [0.3, 0.4) is 0 Å². The number of amides is 1. The van der Waals surface area contributed by atoms with E-state index in [0.29, 0.717) is 13.2 Å². The van der Waals surface area contributed by atoms with Gasteiger partial charge in [-0.15, -0.1) is 0 Å². The van der Waals surface area contributed by atoms with Crippen molar-refractivity contribution < 1.29 is 9.53 Å². The minimum absolute atomic E-state index is 0.0135. The Kier molecular flexibility index (Phi) is 4.17. The molecule has 0 fully saturated rings. The maximum Gasteiger partial charge on any atom is 0.251 e. The van der Waals surface area contributed by atoms with Gasteiger partial charge in [-0.3, -0.25) is 4.79 Å². The Morgan fingerprint density at radius 3 is 3.00 bits per heavy atom. The molecule has 1 aromatic carbocycles. The molecule has 3 nitrogen and oxygen atoms in total. The molecular formula is C12H14INO2. The van der Waals surface area contributed by atoms with Gasteiger partial charge in [0.1, 0.15) is 0 Å². The number of ether oxygens (including phenoxy) is 1. The maximum atomic E-state index is 11.8. The van der Waals surface area contributed by atoms with Gasteiger partial charge in [0.25, 0.3) is 5.91 Å². The summed E-state index contributed by atoms with van der Waals surface area (Å²) in [6, 6.07) is 5.78. The van der Waals surface area contributed by atoms with Crippen LogP contribution in [0.5, 0.6) is 0 Å². The predicted octanol–water partition coefficient (Wildman–Crippen LogP) is 2.27. The molecule has 0 aliphatic carbocycles. The van der Waals surface area contributed by atoms with Crippen LogP contribution in [0.2, 0.25) is 0 Å². The summed E-state index contributed by atoms with van der Waals surface area (Å²) in [7, 11) is 0. The molecule has 1 heterocycles. The van der Waals surface area contributed by atoms with Crippen LogP contribution in [0.1, 0.15) is 27.9 Å². The van der Waals surface area contributed by atoms with Crippen LogP contribution in [0, 0.1) is 0 Å². The molecule has 4 heteroatoms. The molecule has 2 rings (SSSR count). The third-order valence-electron chi connectivity index (χ3n) is 2.58. The van der Waals surface area contributed by atoms with E-state index >= 15 is 0 Å². The number of carbonyl (C=O) groups excluding carboxylic acids is 1. The Balaban J connectivity index is 2.01. The molecule has 0 saturated heterocycles. The first-order valence-corrected chi connectivity index (χ1v) is 6.87. The molecule has 1 aliphatic heterocycles. The largest absolute Gasteiger partial charge is 0.372 e. The van der Waals surface area contributed by atoms with E-state index in [4.69, 9.17) is 4.74 Å². The van der Waals surface area contributed by atoms with E-state index < -0.39 is 0 Å². The first kappa shape index (κ1) is 11.9. The highest BCUT2D eigenvalue weighted by molar-refractivity contribution is 14.1. The van der Waals surface area contributed by atoms with Crippen molar-refractivity contribution in [2.45, 2.75) is 19.6 Å². The Hall–Kier alpha value is -0.620. The van der Waals surface area contributed by atoms with E-state index in [-0.39, 0.29) is 5.91 Å². The van der Waals surface area contributed by atoms with Gasteiger partial charge in [-0.2, -0.15) is 0 Å². The van der Waals surface area contributed by atoms with Gasteiger partial charge in [0.2, 0.25) is 0 Å². The summed E-state index contributed by atoms with van der Waals surface area (Å²) in [6.07, 6.45) is 1.01. The number of hydrogen-bond donors (Lipinski definition) is 1. The fourth-order valence-electron chi connectivity index (χ4n) is 1.68. The zero-order chi connectivity index (χ0) is 11.4. The maximum absolute atomic E-state index is 11.8. The monoisotopic (exact) mass is 331 g/mol. The second kappa shape index (κ2) is 5.63. The van der Waals surface area contributed by atoms with Gasteiger partial charge in [-0.25, -0.2) is 0 Å². The van der Waals surface area contributed by atoms with Gasteiger partial charge >= 0.3 is 0 Å². The van der Waals surface area contributed by atoms with Crippen LogP contribution in [-0.4, -0.2) is 16.9 Å². The van der Waals surface area contributed by atoms with Gasteiger partial charge in [0, 0.05) is 16.5 Å². The van der Waals surface area contributed by atoms with Crippen molar-refractivity contribution in [2.24, 2.45) is 0 Å². The molecule has 1 amide bonds. The van der Waals surface area contributed by atoms with E-state index in [0.717, 1.165) is 28.5 Å². The van der Waals surface area contributed by atoms with Crippen LogP contribution in [0.15, 0.2) is 18.2 Å². The molecule has 0 saturated carbocycles. The van der Waals surface area contributed by atoms with E-state index in [1.54, 1.807) is 0 Å². The number of rotatable bonds is 4. The average molecular weight is 331 g/mol. The summed E-state index contributed by atoms with van der Waals surface area (Å²) < 4.78 is 6.38. The molecule has 16 heavy (non-hydrogen) atoms. The van der Waals surface area contributed by atoms with Crippen molar-refractivity contribution in [2.75, 3.05) is 11.0 Å². The molecular weight excluding hydrogens is 317 g/mol.